The normalized spacial score (nSPS) is 26.2. The van der Waals surface area contributed by atoms with Gasteiger partial charge in [-0.2, -0.15) is 0 Å². The van der Waals surface area contributed by atoms with Crippen molar-refractivity contribution in [1.82, 2.24) is 15.3 Å². The van der Waals surface area contributed by atoms with Gasteiger partial charge in [-0.1, -0.05) is 12.8 Å². The lowest BCUT2D eigenvalue weighted by atomic mass is 9.92. The molecule has 2 atom stereocenters. The van der Waals surface area contributed by atoms with Crippen LogP contribution in [0, 0.1) is 13.8 Å². The molecule has 1 fully saturated rings. The van der Waals surface area contributed by atoms with E-state index in [0.29, 0.717) is 18.0 Å². The number of hydrogen-bond donors (Lipinski definition) is 2. The average molecular weight is 245 g/mol. The molecule has 18 heavy (non-hydrogen) atoms. The lowest BCUT2D eigenvalue weighted by Gasteiger charge is -2.22. The Morgan fingerprint density at radius 3 is 2.61 bits per heavy atom. The van der Waals surface area contributed by atoms with Crippen LogP contribution in [0.1, 0.15) is 37.1 Å². The number of nitrogens with one attached hydrogen (secondary N) is 2. The predicted molar refractivity (Wildman–Crippen MR) is 71.7 cm³/mol. The SMILES string of the molecule is Cc1cc(C)nc(NC2=NC3CCCCC3N2)n1. The molecule has 1 saturated carbocycles. The number of aryl methyl sites for hydroxylation is 2. The van der Waals surface area contributed by atoms with E-state index in [0.717, 1.165) is 17.3 Å². The van der Waals surface area contributed by atoms with Crippen LogP contribution in [0.4, 0.5) is 5.95 Å². The molecule has 0 saturated heterocycles. The third-order valence-corrected chi connectivity index (χ3v) is 3.56. The zero-order valence-corrected chi connectivity index (χ0v) is 10.9. The van der Waals surface area contributed by atoms with Crippen molar-refractivity contribution in [3.8, 4) is 0 Å². The van der Waals surface area contributed by atoms with Crippen LogP contribution in [0.15, 0.2) is 11.1 Å². The highest BCUT2D eigenvalue weighted by atomic mass is 15.3. The van der Waals surface area contributed by atoms with Crippen LogP contribution in [0.3, 0.4) is 0 Å². The molecule has 0 aromatic carbocycles. The Labute approximate surface area is 107 Å². The quantitative estimate of drug-likeness (QED) is 0.791. The smallest absolute Gasteiger partial charge is 0.229 e. The van der Waals surface area contributed by atoms with E-state index < -0.39 is 0 Å². The fourth-order valence-electron chi connectivity index (χ4n) is 2.77. The summed E-state index contributed by atoms with van der Waals surface area (Å²) in [5.41, 5.74) is 1.95. The molecule has 0 spiro atoms. The zero-order chi connectivity index (χ0) is 12.5. The van der Waals surface area contributed by atoms with Crippen molar-refractivity contribution in [3.63, 3.8) is 0 Å². The molecule has 1 aromatic rings. The highest BCUT2D eigenvalue weighted by Gasteiger charge is 2.30. The second-order valence-corrected chi connectivity index (χ2v) is 5.18. The number of aromatic nitrogens is 2. The lowest BCUT2D eigenvalue weighted by molar-refractivity contribution is 0.384. The summed E-state index contributed by atoms with van der Waals surface area (Å²) in [4.78, 5) is 13.4. The lowest BCUT2D eigenvalue weighted by Crippen LogP contribution is -2.39. The Kier molecular flexibility index (Phi) is 2.89. The first-order chi connectivity index (χ1) is 8.70. The Hall–Kier alpha value is -1.65. The molecule has 5 nitrogen and oxygen atoms in total. The minimum Gasteiger partial charge on any atom is -0.351 e. The molecule has 2 heterocycles. The largest absolute Gasteiger partial charge is 0.351 e. The molecule has 0 amide bonds. The van der Waals surface area contributed by atoms with Crippen molar-refractivity contribution in [3.05, 3.63) is 17.5 Å². The van der Waals surface area contributed by atoms with Gasteiger partial charge in [0.05, 0.1) is 12.1 Å². The number of guanidine groups is 1. The molecule has 0 radical (unpaired) electrons. The van der Waals surface area contributed by atoms with E-state index in [1.54, 1.807) is 0 Å². The highest BCUT2D eigenvalue weighted by Crippen LogP contribution is 2.24. The number of fused-ring (bicyclic) bond motifs is 1. The minimum absolute atomic E-state index is 0.437. The molecular weight excluding hydrogens is 226 g/mol. The van der Waals surface area contributed by atoms with E-state index in [-0.39, 0.29) is 0 Å². The van der Waals surface area contributed by atoms with Crippen LogP contribution in [-0.2, 0) is 0 Å². The summed E-state index contributed by atoms with van der Waals surface area (Å²) < 4.78 is 0. The van der Waals surface area contributed by atoms with Crippen molar-refractivity contribution in [1.29, 1.82) is 0 Å². The van der Waals surface area contributed by atoms with Crippen LogP contribution in [-0.4, -0.2) is 28.0 Å². The topological polar surface area (TPSA) is 62.2 Å². The van der Waals surface area contributed by atoms with Crippen LogP contribution >= 0.6 is 0 Å². The molecule has 1 aliphatic heterocycles. The predicted octanol–water partition coefficient (Wildman–Crippen LogP) is 1.78. The third kappa shape index (κ3) is 2.30. The number of hydrogen-bond acceptors (Lipinski definition) is 5. The summed E-state index contributed by atoms with van der Waals surface area (Å²) in [5.74, 6) is 1.47. The van der Waals surface area contributed by atoms with E-state index >= 15 is 0 Å². The van der Waals surface area contributed by atoms with Crippen LogP contribution in [0.5, 0.6) is 0 Å². The van der Waals surface area contributed by atoms with Crippen LogP contribution in [0.25, 0.3) is 0 Å². The summed E-state index contributed by atoms with van der Waals surface area (Å²) >= 11 is 0. The van der Waals surface area contributed by atoms with E-state index in [1.165, 1.54) is 25.7 Å². The zero-order valence-electron chi connectivity index (χ0n) is 10.9. The van der Waals surface area contributed by atoms with Gasteiger partial charge in [0.1, 0.15) is 0 Å². The summed E-state index contributed by atoms with van der Waals surface area (Å²) in [5, 5.41) is 6.63. The summed E-state index contributed by atoms with van der Waals surface area (Å²) in [7, 11) is 0. The number of rotatable bonds is 1. The number of anilines is 1. The van der Waals surface area contributed by atoms with Gasteiger partial charge in [0, 0.05) is 11.4 Å². The Morgan fingerprint density at radius 1 is 1.17 bits per heavy atom. The van der Waals surface area contributed by atoms with Gasteiger partial charge in [-0.15, -0.1) is 0 Å². The first kappa shape index (κ1) is 11.4. The fourth-order valence-corrected chi connectivity index (χ4v) is 2.77. The summed E-state index contributed by atoms with van der Waals surface area (Å²) in [6.07, 6.45) is 5.00. The maximum absolute atomic E-state index is 4.68. The van der Waals surface area contributed by atoms with Gasteiger partial charge in [-0.05, 0) is 32.8 Å². The van der Waals surface area contributed by atoms with Crippen molar-refractivity contribution < 1.29 is 0 Å². The van der Waals surface area contributed by atoms with E-state index in [2.05, 4.69) is 25.6 Å². The molecule has 5 heteroatoms. The molecule has 96 valence electrons. The van der Waals surface area contributed by atoms with E-state index in [4.69, 9.17) is 0 Å². The van der Waals surface area contributed by atoms with Gasteiger partial charge in [0.25, 0.3) is 0 Å². The third-order valence-electron chi connectivity index (χ3n) is 3.56. The highest BCUT2D eigenvalue weighted by molar-refractivity contribution is 5.93. The summed E-state index contributed by atoms with van der Waals surface area (Å²) in [6.45, 7) is 3.95. The minimum atomic E-state index is 0.437. The first-order valence-corrected chi connectivity index (χ1v) is 6.64. The Bertz CT molecular complexity index is 462. The van der Waals surface area contributed by atoms with Crippen LogP contribution in [0.2, 0.25) is 0 Å². The Balaban J connectivity index is 1.73. The average Bonchev–Trinajstić information content (AvgIpc) is 2.69. The second-order valence-electron chi connectivity index (χ2n) is 5.18. The molecule has 0 bridgehead atoms. The van der Waals surface area contributed by atoms with Gasteiger partial charge in [-0.3, -0.25) is 5.32 Å². The summed E-state index contributed by atoms with van der Waals surface area (Å²) in [6, 6.07) is 2.91. The fraction of sp³-hybridized carbons (Fsp3) is 0.615. The monoisotopic (exact) mass is 245 g/mol. The van der Waals surface area contributed by atoms with Gasteiger partial charge in [0.2, 0.25) is 5.95 Å². The van der Waals surface area contributed by atoms with Crippen LogP contribution < -0.4 is 10.6 Å². The molecule has 1 aliphatic carbocycles. The van der Waals surface area contributed by atoms with Crippen molar-refractivity contribution >= 4 is 11.9 Å². The van der Waals surface area contributed by atoms with Crippen molar-refractivity contribution in [2.45, 2.75) is 51.6 Å². The molecule has 2 N–H and O–H groups in total. The van der Waals surface area contributed by atoms with Crippen molar-refractivity contribution in [2.75, 3.05) is 5.32 Å². The second kappa shape index (κ2) is 4.55. The van der Waals surface area contributed by atoms with Gasteiger partial charge in [0.15, 0.2) is 5.96 Å². The Morgan fingerprint density at radius 2 is 1.89 bits per heavy atom. The molecule has 2 unspecified atom stereocenters. The maximum atomic E-state index is 4.68. The standard InChI is InChI=1S/C13H19N5/c1-8-7-9(2)15-12(14-8)18-13-16-10-5-3-4-6-11(10)17-13/h7,10-11H,3-6H2,1-2H3,(H2,14,15,16,17,18). The van der Waals surface area contributed by atoms with E-state index in [9.17, 15) is 0 Å². The molecule has 3 rings (SSSR count). The molecular formula is C13H19N5. The molecule has 1 aromatic heterocycles. The number of nitrogens with zero attached hydrogens (tertiary/aromatic N) is 3. The van der Waals surface area contributed by atoms with Gasteiger partial charge < -0.3 is 5.32 Å². The van der Waals surface area contributed by atoms with Gasteiger partial charge in [-0.25, -0.2) is 15.0 Å². The maximum Gasteiger partial charge on any atom is 0.229 e. The van der Waals surface area contributed by atoms with Gasteiger partial charge >= 0.3 is 0 Å². The van der Waals surface area contributed by atoms with E-state index in [1.807, 2.05) is 19.9 Å². The molecule has 2 aliphatic rings. The number of aliphatic imine (C=N–C) groups is 1. The van der Waals surface area contributed by atoms with Crippen molar-refractivity contribution in [2.24, 2.45) is 4.99 Å². The first-order valence-electron chi connectivity index (χ1n) is 6.64.